The van der Waals surface area contributed by atoms with Crippen molar-refractivity contribution in [3.63, 3.8) is 0 Å². The lowest BCUT2D eigenvalue weighted by Crippen LogP contribution is -2.24. The van der Waals surface area contributed by atoms with Gasteiger partial charge in [-0.15, -0.1) is 0 Å². The van der Waals surface area contributed by atoms with Crippen molar-refractivity contribution in [3.05, 3.63) is 78.1 Å². The van der Waals surface area contributed by atoms with E-state index in [1.807, 2.05) is 54.6 Å². The lowest BCUT2D eigenvalue weighted by Gasteiger charge is -2.28. The van der Waals surface area contributed by atoms with Crippen LogP contribution in [0.4, 0.5) is 0 Å². The van der Waals surface area contributed by atoms with Crippen LogP contribution in [-0.2, 0) is 14.3 Å². The van der Waals surface area contributed by atoms with Gasteiger partial charge in [0.2, 0.25) is 5.12 Å². The minimum atomic E-state index is -0.722. The van der Waals surface area contributed by atoms with Gasteiger partial charge >= 0.3 is 0 Å². The highest BCUT2D eigenvalue weighted by Gasteiger charge is 2.31. The molecule has 146 valence electrons. The van der Waals surface area contributed by atoms with Crippen LogP contribution in [-0.4, -0.2) is 34.0 Å². The maximum Gasteiger partial charge on any atom is 0.220 e. The van der Waals surface area contributed by atoms with E-state index in [9.17, 15) is 14.7 Å². The zero-order valence-electron chi connectivity index (χ0n) is 15.8. The first-order chi connectivity index (χ1) is 13.4. The summed E-state index contributed by atoms with van der Waals surface area (Å²) in [6.45, 7) is 5.38. The highest BCUT2D eigenvalue weighted by atomic mass is 32.2. The van der Waals surface area contributed by atoms with Gasteiger partial charge < -0.3 is 9.84 Å². The molecule has 3 atom stereocenters. The molecular formula is C23H24O4S. The summed E-state index contributed by atoms with van der Waals surface area (Å²) in [6, 6.07) is 9.68. The molecule has 1 heterocycles. The summed E-state index contributed by atoms with van der Waals surface area (Å²) in [4.78, 5) is 24.1. The summed E-state index contributed by atoms with van der Waals surface area (Å²) in [5.41, 5.74) is 2.18. The third-order valence-electron chi connectivity index (χ3n) is 4.72. The Morgan fingerprint density at radius 2 is 2.04 bits per heavy atom. The molecule has 0 bridgehead atoms. The SMILES string of the molecule is C=C(C)C(=O)CCC(O)COC1=CC2SC(=O)C(c3ccccc3)=CC2C=C1. The highest BCUT2D eigenvalue weighted by Crippen LogP contribution is 2.39. The molecule has 0 spiro atoms. The number of benzene rings is 1. The number of hydrogen-bond donors (Lipinski definition) is 1. The molecule has 0 fully saturated rings. The molecular weight excluding hydrogens is 372 g/mol. The van der Waals surface area contributed by atoms with Crippen molar-refractivity contribution in [2.24, 2.45) is 5.92 Å². The second-order valence-corrected chi connectivity index (χ2v) is 8.18. The second kappa shape index (κ2) is 9.22. The Hall–Kier alpha value is -2.37. The molecule has 3 rings (SSSR count). The van der Waals surface area contributed by atoms with Crippen LogP contribution in [0, 0.1) is 5.92 Å². The Kier molecular flexibility index (Phi) is 6.70. The van der Waals surface area contributed by atoms with E-state index < -0.39 is 6.10 Å². The van der Waals surface area contributed by atoms with Crippen molar-refractivity contribution in [3.8, 4) is 0 Å². The number of carbonyl (C=O) groups excluding carboxylic acids is 2. The second-order valence-electron chi connectivity index (χ2n) is 7.03. The van der Waals surface area contributed by atoms with Crippen LogP contribution >= 0.6 is 11.8 Å². The van der Waals surface area contributed by atoms with Gasteiger partial charge in [0.1, 0.15) is 12.4 Å². The number of aliphatic hydroxyl groups excluding tert-OH is 1. The topological polar surface area (TPSA) is 63.6 Å². The number of allylic oxidation sites excluding steroid dienone is 4. The Labute approximate surface area is 169 Å². The maximum absolute atomic E-state index is 12.5. The van der Waals surface area contributed by atoms with Crippen molar-refractivity contribution < 1.29 is 19.4 Å². The number of ketones is 1. The number of aliphatic hydroxyl groups is 1. The number of hydrogen-bond acceptors (Lipinski definition) is 5. The van der Waals surface area contributed by atoms with Crippen LogP contribution < -0.4 is 0 Å². The summed E-state index contributed by atoms with van der Waals surface area (Å²) < 4.78 is 5.68. The molecule has 28 heavy (non-hydrogen) atoms. The largest absolute Gasteiger partial charge is 0.491 e. The molecule has 0 aromatic heterocycles. The maximum atomic E-state index is 12.5. The number of ether oxygens (including phenoxy) is 1. The van der Waals surface area contributed by atoms with Crippen LogP contribution in [0.5, 0.6) is 0 Å². The quantitative estimate of drug-likeness (QED) is 0.671. The summed E-state index contributed by atoms with van der Waals surface area (Å²) in [6.07, 6.45) is 7.72. The van der Waals surface area contributed by atoms with Gasteiger partial charge in [0.15, 0.2) is 5.78 Å². The summed E-state index contributed by atoms with van der Waals surface area (Å²) in [5.74, 6) is 0.726. The standard InChI is InChI=1S/C23H24O4S/c1-15(2)21(25)11-9-18(24)14-27-19-10-8-17-12-20(16-6-4-3-5-7-16)23(26)28-22(17)13-19/h3-8,10,12-13,17-18,22,24H,1,9,11,14H2,2H3. The van der Waals surface area contributed by atoms with Gasteiger partial charge in [0.25, 0.3) is 0 Å². The molecule has 0 amide bonds. The first-order valence-corrected chi connectivity index (χ1v) is 10.2. The van der Waals surface area contributed by atoms with Crippen molar-refractivity contribution in [1.29, 1.82) is 0 Å². The number of Topliss-reactive ketones (excluding diaryl/α,β-unsaturated/α-hetero) is 1. The van der Waals surface area contributed by atoms with Crippen LogP contribution in [0.15, 0.2) is 72.5 Å². The highest BCUT2D eigenvalue weighted by molar-refractivity contribution is 8.15. The van der Waals surface area contributed by atoms with E-state index in [4.69, 9.17) is 4.74 Å². The normalized spacial score (nSPS) is 22.0. The molecule has 1 N–H and O–H groups in total. The molecule has 1 aromatic rings. The van der Waals surface area contributed by atoms with Crippen LogP contribution in [0.2, 0.25) is 0 Å². The summed E-state index contributed by atoms with van der Waals surface area (Å²) in [5, 5.41) is 10.1. The van der Waals surface area contributed by atoms with Crippen LogP contribution in [0.25, 0.3) is 5.57 Å². The minimum absolute atomic E-state index is 0.0119. The van der Waals surface area contributed by atoms with Crippen molar-refractivity contribution in [1.82, 2.24) is 0 Å². The lowest BCUT2D eigenvalue weighted by atomic mass is 9.94. The van der Waals surface area contributed by atoms with Gasteiger partial charge in [0, 0.05) is 23.2 Å². The number of rotatable bonds is 8. The molecule has 2 aliphatic rings. The average molecular weight is 397 g/mol. The Balaban J connectivity index is 1.57. The lowest BCUT2D eigenvalue weighted by molar-refractivity contribution is -0.116. The molecule has 1 aliphatic heterocycles. The fraction of sp³-hybridized carbons (Fsp3) is 0.304. The van der Waals surface area contributed by atoms with Crippen LogP contribution in [0.1, 0.15) is 25.3 Å². The third-order valence-corrected chi connectivity index (χ3v) is 5.88. The van der Waals surface area contributed by atoms with Crippen molar-refractivity contribution >= 4 is 28.2 Å². The first-order valence-electron chi connectivity index (χ1n) is 9.32. The molecule has 0 saturated heterocycles. The van der Waals surface area contributed by atoms with E-state index in [-0.39, 0.29) is 35.1 Å². The van der Waals surface area contributed by atoms with E-state index in [2.05, 4.69) is 6.58 Å². The molecule has 5 heteroatoms. The predicted molar refractivity (Wildman–Crippen MR) is 113 cm³/mol. The fourth-order valence-corrected chi connectivity index (χ4v) is 4.16. The van der Waals surface area contributed by atoms with Gasteiger partial charge in [0.05, 0.1) is 6.10 Å². The predicted octanol–water partition coefficient (Wildman–Crippen LogP) is 4.08. The monoisotopic (exact) mass is 396 g/mol. The average Bonchev–Trinajstić information content (AvgIpc) is 2.70. The van der Waals surface area contributed by atoms with E-state index in [0.717, 1.165) is 11.1 Å². The summed E-state index contributed by atoms with van der Waals surface area (Å²) >= 11 is 1.30. The molecule has 1 aliphatic carbocycles. The van der Waals surface area contributed by atoms with Gasteiger partial charge in [-0.05, 0) is 36.6 Å². The fourth-order valence-electron chi connectivity index (χ4n) is 3.07. The molecule has 4 nitrogen and oxygen atoms in total. The molecule has 1 aromatic carbocycles. The smallest absolute Gasteiger partial charge is 0.220 e. The van der Waals surface area contributed by atoms with Gasteiger partial charge in [-0.3, -0.25) is 9.59 Å². The minimum Gasteiger partial charge on any atom is -0.491 e. The van der Waals surface area contributed by atoms with E-state index in [1.165, 1.54) is 11.8 Å². The van der Waals surface area contributed by atoms with Gasteiger partial charge in [-0.2, -0.15) is 0 Å². The van der Waals surface area contributed by atoms with Gasteiger partial charge in [-0.1, -0.05) is 60.8 Å². The van der Waals surface area contributed by atoms with E-state index in [0.29, 0.717) is 17.8 Å². The first kappa shape index (κ1) is 20.4. The van der Waals surface area contributed by atoms with E-state index >= 15 is 0 Å². The van der Waals surface area contributed by atoms with E-state index in [1.54, 1.807) is 6.92 Å². The zero-order chi connectivity index (χ0) is 20.1. The molecule has 3 unspecified atom stereocenters. The van der Waals surface area contributed by atoms with Crippen molar-refractivity contribution in [2.45, 2.75) is 31.1 Å². The Morgan fingerprint density at radius 3 is 2.75 bits per heavy atom. The van der Waals surface area contributed by atoms with Crippen molar-refractivity contribution in [2.75, 3.05) is 6.61 Å². The number of thioether (sulfide) groups is 1. The number of fused-ring (bicyclic) bond motifs is 1. The Bertz CT molecular complexity index is 851. The van der Waals surface area contributed by atoms with Crippen LogP contribution in [0.3, 0.4) is 0 Å². The molecule has 0 saturated carbocycles. The summed E-state index contributed by atoms with van der Waals surface area (Å²) in [7, 11) is 0. The Morgan fingerprint density at radius 1 is 1.29 bits per heavy atom. The third kappa shape index (κ3) is 5.12. The number of carbonyl (C=O) groups is 2. The zero-order valence-corrected chi connectivity index (χ0v) is 16.7. The van der Waals surface area contributed by atoms with Gasteiger partial charge in [-0.25, -0.2) is 0 Å². The molecule has 0 radical (unpaired) electrons.